The lowest BCUT2D eigenvalue weighted by molar-refractivity contribution is -0.960. The highest BCUT2D eigenvalue weighted by atomic mass is 16.4. The summed E-state index contributed by atoms with van der Waals surface area (Å²) in [6.45, 7) is 11.6. The Balaban J connectivity index is 2.35. The largest absolute Gasteiger partial charge is 0.508 e. The molecule has 1 saturated carbocycles. The molecule has 1 aliphatic carbocycles. The average molecular weight is 391 g/mol. The highest BCUT2D eigenvalue weighted by Crippen LogP contribution is 2.42. The molecule has 1 unspecified atom stereocenters. The molecule has 2 rings (SSSR count). The fourth-order valence-corrected chi connectivity index (χ4v) is 5.34. The molecule has 2 N–H and O–H groups in total. The van der Waals surface area contributed by atoms with E-state index in [0.29, 0.717) is 22.1 Å². The maximum absolute atomic E-state index is 11.7. The zero-order chi connectivity index (χ0) is 20.9. The second-order valence-electron chi connectivity index (χ2n) is 9.42. The third-order valence-electron chi connectivity index (χ3n) is 7.14. The van der Waals surface area contributed by atoms with Crippen molar-refractivity contribution in [1.29, 1.82) is 0 Å². The van der Waals surface area contributed by atoms with E-state index >= 15 is 0 Å². The predicted molar refractivity (Wildman–Crippen MR) is 115 cm³/mol. The summed E-state index contributed by atoms with van der Waals surface area (Å²) in [6, 6.07) is 6.42. The van der Waals surface area contributed by atoms with Gasteiger partial charge in [0.2, 0.25) is 0 Å². The summed E-state index contributed by atoms with van der Waals surface area (Å²) in [4.78, 5) is 11.7. The van der Waals surface area contributed by atoms with Gasteiger partial charge in [0.15, 0.2) is 6.54 Å². The molecule has 0 aliphatic heterocycles. The van der Waals surface area contributed by atoms with Crippen molar-refractivity contribution in [2.24, 2.45) is 5.92 Å². The Morgan fingerprint density at radius 3 is 2.25 bits per heavy atom. The first-order valence-electron chi connectivity index (χ1n) is 11.0. The smallest absolute Gasteiger partial charge is 0.359 e. The van der Waals surface area contributed by atoms with Gasteiger partial charge in [-0.15, -0.1) is 0 Å². The molecule has 1 aromatic carbocycles. The van der Waals surface area contributed by atoms with Crippen LogP contribution in [0, 0.1) is 12.8 Å². The van der Waals surface area contributed by atoms with Gasteiger partial charge in [-0.1, -0.05) is 37.0 Å². The van der Waals surface area contributed by atoms with Crippen LogP contribution in [0.2, 0.25) is 0 Å². The summed E-state index contributed by atoms with van der Waals surface area (Å²) < 4.78 is 0.588. The predicted octanol–water partition coefficient (Wildman–Crippen LogP) is 5.47. The molecule has 1 fully saturated rings. The highest BCUT2D eigenvalue weighted by molar-refractivity contribution is 5.68. The minimum absolute atomic E-state index is 0.159. The Morgan fingerprint density at radius 2 is 1.71 bits per heavy atom. The molecule has 0 radical (unpaired) electrons. The number of benzene rings is 1. The van der Waals surface area contributed by atoms with Crippen molar-refractivity contribution in [3.8, 4) is 5.75 Å². The number of carbonyl (C=O) groups is 1. The monoisotopic (exact) mass is 390 g/mol. The molecule has 0 saturated heterocycles. The lowest BCUT2D eigenvalue weighted by atomic mass is 9.74. The lowest BCUT2D eigenvalue weighted by Gasteiger charge is -2.46. The van der Waals surface area contributed by atoms with E-state index < -0.39 is 5.97 Å². The summed E-state index contributed by atoms with van der Waals surface area (Å²) in [7, 11) is 0. The molecular weight excluding hydrogens is 350 g/mol. The van der Waals surface area contributed by atoms with Crippen molar-refractivity contribution in [3.05, 3.63) is 29.3 Å². The van der Waals surface area contributed by atoms with Crippen molar-refractivity contribution < 1.29 is 19.5 Å². The second-order valence-corrected chi connectivity index (χ2v) is 9.42. The van der Waals surface area contributed by atoms with Crippen molar-refractivity contribution in [2.45, 2.75) is 91.1 Å². The average Bonchev–Trinajstić information content (AvgIpc) is 2.63. The molecule has 4 nitrogen and oxygen atoms in total. The van der Waals surface area contributed by atoms with Crippen LogP contribution in [0.4, 0.5) is 0 Å². The van der Waals surface area contributed by atoms with Crippen LogP contribution in [0.5, 0.6) is 5.75 Å². The van der Waals surface area contributed by atoms with Gasteiger partial charge in [0.05, 0.1) is 18.6 Å². The Kier molecular flexibility index (Phi) is 7.94. The van der Waals surface area contributed by atoms with Gasteiger partial charge in [-0.2, -0.15) is 0 Å². The van der Waals surface area contributed by atoms with E-state index in [1.807, 2.05) is 12.1 Å². The maximum atomic E-state index is 11.7. The molecule has 28 heavy (non-hydrogen) atoms. The van der Waals surface area contributed by atoms with Gasteiger partial charge in [0.25, 0.3) is 0 Å². The lowest BCUT2D eigenvalue weighted by Crippen LogP contribution is -2.60. The molecule has 0 spiro atoms. The Labute approximate surface area is 171 Å². The number of hydrogen-bond donors (Lipinski definition) is 2. The SMILES string of the molecule is Cc1ccc(O)c(C(CC[N+](CC(=O)O)(C(C)C)C(C)C)C2CCCCC2)c1. The third kappa shape index (κ3) is 5.28. The number of nitrogens with zero attached hydrogens (tertiary/aromatic N) is 1. The Morgan fingerprint density at radius 1 is 1.11 bits per heavy atom. The first-order chi connectivity index (χ1) is 13.2. The van der Waals surface area contributed by atoms with E-state index in [4.69, 9.17) is 0 Å². The molecule has 0 heterocycles. The van der Waals surface area contributed by atoms with Gasteiger partial charge in [-0.25, -0.2) is 4.79 Å². The van der Waals surface area contributed by atoms with Gasteiger partial charge in [-0.05, 0) is 70.9 Å². The van der Waals surface area contributed by atoms with Crippen molar-refractivity contribution >= 4 is 5.97 Å². The van der Waals surface area contributed by atoms with Crippen LogP contribution >= 0.6 is 0 Å². The normalized spacial score (nSPS) is 17.2. The summed E-state index contributed by atoms with van der Waals surface area (Å²) in [6.07, 6.45) is 7.17. The molecule has 1 atom stereocenters. The third-order valence-corrected chi connectivity index (χ3v) is 7.14. The minimum atomic E-state index is -0.727. The summed E-state index contributed by atoms with van der Waals surface area (Å²) in [5.41, 5.74) is 2.24. The molecular formula is C24H40NO3+. The van der Waals surface area contributed by atoms with Crippen molar-refractivity contribution in [2.75, 3.05) is 13.1 Å². The van der Waals surface area contributed by atoms with Crippen LogP contribution in [0.25, 0.3) is 0 Å². The topological polar surface area (TPSA) is 57.5 Å². The van der Waals surface area contributed by atoms with E-state index in [0.717, 1.165) is 18.5 Å². The first kappa shape index (κ1) is 22.7. The van der Waals surface area contributed by atoms with Gasteiger partial charge in [-0.3, -0.25) is 0 Å². The zero-order valence-electron chi connectivity index (χ0n) is 18.4. The molecule has 1 aliphatic rings. The first-order valence-corrected chi connectivity index (χ1v) is 11.0. The van der Waals surface area contributed by atoms with Gasteiger partial charge in [0.1, 0.15) is 5.75 Å². The number of phenols is 1. The number of hydrogen-bond acceptors (Lipinski definition) is 2. The van der Waals surface area contributed by atoms with E-state index in [-0.39, 0.29) is 18.6 Å². The van der Waals surface area contributed by atoms with E-state index in [1.54, 1.807) is 0 Å². The summed E-state index contributed by atoms with van der Waals surface area (Å²) in [5, 5.41) is 20.2. The second kappa shape index (κ2) is 9.78. The summed E-state index contributed by atoms with van der Waals surface area (Å²) >= 11 is 0. The number of aryl methyl sites for hydroxylation is 1. The van der Waals surface area contributed by atoms with Crippen LogP contribution in [-0.4, -0.2) is 45.8 Å². The number of rotatable bonds is 9. The van der Waals surface area contributed by atoms with Crippen LogP contribution in [0.15, 0.2) is 18.2 Å². The number of aliphatic carboxylic acids is 1. The molecule has 0 aromatic heterocycles. The Hall–Kier alpha value is -1.55. The van der Waals surface area contributed by atoms with Gasteiger partial charge in [0, 0.05) is 6.42 Å². The molecule has 4 heteroatoms. The minimum Gasteiger partial charge on any atom is -0.508 e. The van der Waals surface area contributed by atoms with Crippen molar-refractivity contribution in [1.82, 2.24) is 0 Å². The van der Waals surface area contributed by atoms with Crippen LogP contribution in [-0.2, 0) is 4.79 Å². The Bertz CT molecular complexity index is 639. The van der Waals surface area contributed by atoms with Crippen LogP contribution in [0.1, 0.15) is 83.3 Å². The van der Waals surface area contributed by atoms with E-state index in [1.165, 1.54) is 37.7 Å². The van der Waals surface area contributed by atoms with E-state index in [2.05, 4.69) is 40.7 Å². The van der Waals surface area contributed by atoms with E-state index in [9.17, 15) is 15.0 Å². The fourth-order valence-electron chi connectivity index (χ4n) is 5.34. The van der Waals surface area contributed by atoms with Crippen molar-refractivity contribution in [3.63, 3.8) is 0 Å². The highest BCUT2D eigenvalue weighted by Gasteiger charge is 2.39. The van der Waals surface area contributed by atoms with Gasteiger partial charge < -0.3 is 14.7 Å². The number of aromatic hydroxyl groups is 1. The van der Waals surface area contributed by atoms with Gasteiger partial charge >= 0.3 is 5.97 Å². The standard InChI is InChI=1S/C24H39NO3/c1-17(2)25(18(3)4,16-24(27)28)14-13-21(20-9-7-6-8-10-20)22-15-19(5)11-12-23(22)26/h11-12,15,17-18,20-21H,6-10,13-14,16H2,1-5H3,(H-,26,27,28)/p+1. The number of carboxylic acid groups (broad SMARTS) is 1. The summed E-state index contributed by atoms with van der Waals surface area (Å²) in [5.74, 6) is 0.540. The number of phenolic OH excluding ortho intramolecular Hbond substituents is 1. The van der Waals surface area contributed by atoms with Crippen LogP contribution in [0.3, 0.4) is 0 Å². The van der Waals surface area contributed by atoms with Crippen LogP contribution < -0.4 is 0 Å². The fraction of sp³-hybridized carbons (Fsp3) is 0.708. The number of quaternary nitrogens is 1. The molecule has 158 valence electrons. The maximum Gasteiger partial charge on any atom is 0.359 e. The molecule has 0 amide bonds. The molecule has 0 bridgehead atoms. The zero-order valence-corrected chi connectivity index (χ0v) is 18.4. The number of carboxylic acids is 1. The molecule has 1 aromatic rings. The quantitative estimate of drug-likeness (QED) is 0.550.